The van der Waals surface area contributed by atoms with Gasteiger partial charge in [0.25, 0.3) is 5.91 Å². The van der Waals surface area contributed by atoms with Crippen LogP contribution in [0, 0.1) is 0 Å². The van der Waals surface area contributed by atoms with Crippen molar-refractivity contribution in [2.75, 3.05) is 40.9 Å². The number of rotatable bonds is 7. The lowest BCUT2D eigenvalue weighted by atomic mass is 10.0. The van der Waals surface area contributed by atoms with Gasteiger partial charge in [0.2, 0.25) is 0 Å². The van der Waals surface area contributed by atoms with Crippen LogP contribution < -0.4 is 9.47 Å². The molecule has 3 aromatic rings. The van der Waals surface area contributed by atoms with Gasteiger partial charge in [-0.05, 0) is 61.5 Å². The zero-order valence-corrected chi connectivity index (χ0v) is 19.3. The van der Waals surface area contributed by atoms with Crippen molar-refractivity contribution in [1.29, 1.82) is 0 Å². The van der Waals surface area contributed by atoms with E-state index in [1.54, 1.807) is 25.6 Å². The first-order chi connectivity index (χ1) is 15.1. The first kappa shape index (κ1) is 21.7. The van der Waals surface area contributed by atoms with Gasteiger partial charge in [0, 0.05) is 30.4 Å². The van der Waals surface area contributed by atoms with Gasteiger partial charge in [0.15, 0.2) is 11.5 Å². The number of carbonyl (C=O) groups excluding carboxylic acids is 1. The van der Waals surface area contributed by atoms with Gasteiger partial charge in [-0.2, -0.15) is 0 Å². The van der Waals surface area contributed by atoms with Gasteiger partial charge in [0.1, 0.15) is 0 Å². The largest absolute Gasteiger partial charge is 0.493 e. The molecule has 1 amide bonds. The molecule has 1 saturated heterocycles. The monoisotopic (exact) mass is 438 g/mol. The van der Waals surface area contributed by atoms with Crippen LogP contribution in [0.4, 0.5) is 0 Å². The van der Waals surface area contributed by atoms with E-state index >= 15 is 0 Å². The lowest BCUT2D eigenvalue weighted by Crippen LogP contribution is -2.48. The minimum Gasteiger partial charge on any atom is -0.493 e. The van der Waals surface area contributed by atoms with Crippen molar-refractivity contribution in [1.82, 2.24) is 9.80 Å². The summed E-state index contributed by atoms with van der Waals surface area (Å²) in [4.78, 5) is 18.4. The van der Waals surface area contributed by atoms with Gasteiger partial charge >= 0.3 is 0 Å². The molecule has 0 spiro atoms. The maximum atomic E-state index is 13.1. The fourth-order valence-corrected chi connectivity index (χ4v) is 5.30. The van der Waals surface area contributed by atoms with Crippen molar-refractivity contribution >= 4 is 27.3 Å². The van der Waals surface area contributed by atoms with E-state index < -0.39 is 0 Å². The van der Waals surface area contributed by atoms with E-state index in [4.69, 9.17) is 9.47 Å². The minimum absolute atomic E-state index is 0.166. The van der Waals surface area contributed by atoms with Crippen LogP contribution in [-0.4, -0.2) is 62.7 Å². The standard InChI is InChI=1S/C25H30N2O3S/c1-26(14-12-18-10-11-21(29-2)22(15-18)30-3)20-8-6-13-27(17-20)25(28)24-16-19-7-4-5-9-23(19)31-24/h4-5,7,9-11,15-16,20H,6,8,12-14,17H2,1-3H3. The number of thiophene rings is 1. The van der Waals surface area contributed by atoms with E-state index in [0.717, 1.165) is 60.7 Å². The Labute approximate surface area is 188 Å². The molecule has 6 heteroatoms. The summed E-state index contributed by atoms with van der Waals surface area (Å²) in [6, 6.07) is 16.7. The molecule has 1 aliphatic heterocycles. The molecule has 1 unspecified atom stereocenters. The average Bonchev–Trinajstić information content (AvgIpc) is 3.26. The van der Waals surface area contributed by atoms with Gasteiger partial charge in [0.05, 0.1) is 19.1 Å². The fourth-order valence-electron chi connectivity index (χ4n) is 4.27. The number of amides is 1. The summed E-state index contributed by atoms with van der Waals surface area (Å²) in [5.41, 5.74) is 1.22. The van der Waals surface area contributed by atoms with Gasteiger partial charge in [-0.3, -0.25) is 4.79 Å². The summed E-state index contributed by atoms with van der Waals surface area (Å²) in [5, 5.41) is 1.15. The van der Waals surface area contributed by atoms with Crippen molar-refractivity contribution in [2.45, 2.75) is 25.3 Å². The van der Waals surface area contributed by atoms with Gasteiger partial charge in [-0.1, -0.05) is 24.3 Å². The third-order valence-corrected chi connectivity index (χ3v) is 7.25. The normalized spacial score (nSPS) is 16.6. The second kappa shape index (κ2) is 9.71. The van der Waals surface area contributed by atoms with Crippen molar-refractivity contribution in [3.8, 4) is 11.5 Å². The summed E-state index contributed by atoms with van der Waals surface area (Å²) >= 11 is 1.60. The lowest BCUT2D eigenvalue weighted by molar-refractivity contribution is 0.0616. The number of methoxy groups -OCH3 is 2. The molecular formula is C25H30N2O3S. The first-order valence-corrected chi connectivity index (χ1v) is 11.6. The number of likely N-dealkylation sites (tertiary alicyclic amines) is 1. The lowest BCUT2D eigenvalue weighted by Gasteiger charge is -2.37. The van der Waals surface area contributed by atoms with E-state index in [1.807, 2.05) is 35.2 Å². The quantitative estimate of drug-likeness (QED) is 0.536. The average molecular weight is 439 g/mol. The van der Waals surface area contributed by atoms with E-state index in [0.29, 0.717) is 6.04 Å². The number of likely N-dealkylation sites (N-methyl/N-ethyl adjacent to an activating group) is 1. The third kappa shape index (κ3) is 4.86. The number of benzene rings is 2. The molecule has 1 aromatic heterocycles. The number of fused-ring (bicyclic) bond motifs is 1. The molecule has 31 heavy (non-hydrogen) atoms. The molecule has 2 aromatic carbocycles. The molecule has 0 bridgehead atoms. The smallest absolute Gasteiger partial charge is 0.264 e. The molecule has 5 nitrogen and oxygen atoms in total. The highest BCUT2D eigenvalue weighted by Gasteiger charge is 2.27. The van der Waals surface area contributed by atoms with Gasteiger partial charge < -0.3 is 19.3 Å². The zero-order valence-electron chi connectivity index (χ0n) is 18.5. The molecule has 0 aliphatic carbocycles. The highest BCUT2D eigenvalue weighted by Crippen LogP contribution is 2.29. The zero-order chi connectivity index (χ0) is 21.8. The maximum absolute atomic E-state index is 13.1. The molecule has 0 N–H and O–H groups in total. The molecule has 2 heterocycles. The summed E-state index contributed by atoms with van der Waals surface area (Å²) < 4.78 is 11.9. The molecular weight excluding hydrogens is 408 g/mol. The van der Waals surface area contributed by atoms with E-state index in [9.17, 15) is 4.79 Å². The predicted molar refractivity (Wildman–Crippen MR) is 127 cm³/mol. The summed E-state index contributed by atoms with van der Waals surface area (Å²) in [6.07, 6.45) is 3.10. The Morgan fingerprint density at radius 2 is 1.94 bits per heavy atom. The second-order valence-corrected chi connectivity index (χ2v) is 9.20. The third-order valence-electron chi connectivity index (χ3n) is 6.14. The molecule has 1 aliphatic rings. The van der Waals surface area contributed by atoms with Crippen LogP contribution in [0.3, 0.4) is 0 Å². The Morgan fingerprint density at radius 1 is 1.13 bits per heavy atom. The van der Waals surface area contributed by atoms with E-state index in [1.165, 1.54) is 10.3 Å². The van der Waals surface area contributed by atoms with E-state index in [2.05, 4.69) is 30.1 Å². The highest BCUT2D eigenvalue weighted by molar-refractivity contribution is 7.20. The van der Waals surface area contributed by atoms with E-state index in [-0.39, 0.29) is 5.91 Å². The Morgan fingerprint density at radius 3 is 2.71 bits per heavy atom. The summed E-state index contributed by atoms with van der Waals surface area (Å²) in [7, 11) is 5.48. The SMILES string of the molecule is COc1ccc(CCN(C)C2CCCN(C(=O)c3cc4ccccc4s3)C2)cc1OC. The molecule has 164 valence electrons. The summed E-state index contributed by atoms with van der Waals surface area (Å²) in [6.45, 7) is 2.56. The molecule has 0 saturated carbocycles. The molecule has 4 rings (SSSR count). The minimum atomic E-state index is 0.166. The summed E-state index contributed by atoms with van der Waals surface area (Å²) in [5.74, 6) is 1.68. The van der Waals surface area contributed by atoms with Gasteiger partial charge in [-0.25, -0.2) is 0 Å². The van der Waals surface area contributed by atoms with Crippen molar-refractivity contribution in [3.63, 3.8) is 0 Å². The van der Waals surface area contributed by atoms with Crippen molar-refractivity contribution in [2.24, 2.45) is 0 Å². The Kier molecular flexibility index (Phi) is 6.78. The Bertz CT molecular complexity index is 1020. The predicted octanol–water partition coefficient (Wildman–Crippen LogP) is 4.70. The van der Waals surface area contributed by atoms with Crippen LogP contribution in [0.2, 0.25) is 0 Å². The van der Waals surface area contributed by atoms with Crippen LogP contribution in [0.5, 0.6) is 11.5 Å². The highest BCUT2D eigenvalue weighted by atomic mass is 32.1. The van der Waals surface area contributed by atoms with Crippen LogP contribution in [-0.2, 0) is 6.42 Å². The van der Waals surface area contributed by atoms with Crippen LogP contribution in [0.15, 0.2) is 48.5 Å². The van der Waals surface area contributed by atoms with Crippen LogP contribution in [0.25, 0.3) is 10.1 Å². The number of piperidine rings is 1. The number of carbonyl (C=O) groups is 1. The van der Waals surface area contributed by atoms with Crippen LogP contribution >= 0.6 is 11.3 Å². The molecule has 1 atom stereocenters. The van der Waals surface area contributed by atoms with Gasteiger partial charge in [-0.15, -0.1) is 11.3 Å². The van der Waals surface area contributed by atoms with Crippen molar-refractivity contribution in [3.05, 3.63) is 59.0 Å². The number of hydrogen-bond donors (Lipinski definition) is 0. The number of hydrogen-bond acceptors (Lipinski definition) is 5. The fraction of sp³-hybridized carbons (Fsp3) is 0.400. The second-order valence-electron chi connectivity index (χ2n) is 8.12. The molecule has 0 radical (unpaired) electrons. The number of ether oxygens (including phenoxy) is 2. The Balaban J connectivity index is 1.37. The maximum Gasteiger partial charge on any atom is 0.264 e. The number of nitrogens with zero attached hydrogens (tertiary/aromatic N) is 2. The van der Waals surface area contributed by atoms with Crippen molar-refractivity contribution < 1.29 is 14.3 Å². The van der Waals surface area contributed by atoms with Crippen LogP contribution in [0.1, 0.15) is 28.1 Å². The first-order valence-electron chi connectivity index (χ1n) is 10.8. The molecule has 1 fully saturated rings. The Hall–Kier alpha value is -2.57. The topological polar surface area (TPSA) is 42.0 Å².